The molecule has 0 aliphatic heterocycles. The number of nitrogens with one attached hydrogen (secondary N) is 2. The molecule has 29 heavy (non-hydrogen) atoms. The number of rotatable bonds is 10. The van der Waals surface area contributed by atoms with Crippen molar-refractivity contribution in [2.45, 2.75) is 39.8 Å². The first-order valence-electron chi connectivity index (χ1n) is 9.13. The van der Waals surface area contributed by atoms with E-state index in [1.165, 1.54) is 12.0 Å². The van der Waals surface area contributed by atoms with Gasteiger partial charge in [-0.3, -0.25) is 0 Å². The summed E-state index contributed by atoms with van der Waals surface area (Å²) in [5.41, 5.74) is 0.854. The Kier molecular flexibility index (Phi) is 11.8. The van der Waals surface area contributed by atoms with Gasteiger partial charge < -0.3 is 20.1 Å². The lowest BCUT2D eigenvalue weighted by atomic mass is 10.1. The van der Waals surface area contributed by atoms with E-state index in [1.54, 1.807) is 23.5 Å². The molecule has 2 N–H and O–H groups in total. The van der Waals surface area contributed by atoms with Crippen LogP contribution in [0.3, 0.4) is 0 Å². The number of aromatic nitrogens is 1. The van der Waals surface area contributed by atoms with Crippen molar-refractivity contribution in [2.75, 3.05) is 20.2 Å². The number of hydrogen-bond acceptors (Lipinski definition) is 5. The molecule has 0 spiro atoms. The van der Waals surface area contributed by atoms with E-state index in [4.69, 9.17) is 4.74 Å². The van der Waals surface area contributed by atoms with Crippen LogP contribution < -0.4 is 20.1 Å². The molecule has 1 heterocycles. The summed E-state index contributed by atoms with van der Waals surface area (Å²) in [5.74, 6) is 1.00. The fourth-order valence-electron chi connectivity index (χ4n) is 2.46. The second-order valence-corrected chi connectivity index (χ2v) is 7.01. The first kappa shape index (κ1) is 25.3. The number of hydrogen-bond donors (Lipinski definition) is 2. The van der Waals surface area contributed by atoms with E-state index in [0.717, 1.165) is 23.5 Å². The summed E-state index contributed by atoms with van der Waals surface area (Å²) < 4.78 is 34.7. The highest BCUT2D eigenvalue weighted by Crippen LogP contribution is 2.29. The highest BCUT2D eigenvalue weighted by Gasteiger charge is 2.11. The number of aryl methyl sites for hydroxylation is 1. The van der Waals surface area contributed by atoms with Crippen molar-refractivity contribution in [2.24, 2.45) is 4.99 Å². The van der Waals surface area contributed by atoms with Gasteiger partial charge in [-0.2, -0.15) is 8.78 Å². The van der Waals surface area contributed by atoms with Crippen molar-refractivity contribution in [1.29, 1.82) is 0 Å². The zero-order chi connectivity index (χ0) is 20.4. The van der Waals surface area contributed by atoms with E-state index in [-0.39, 0.29) is 35.5 Å². The molecule has 6 nitrogen and oxygen atoms in total. The molecule has 0 fully saturated rings. The molecular formula is C19H27F2IN4O2S. The third kappa shape index (κ3) is 8.69. The molecule has 1 aromatic heterocycles. The highest BCUT2D eigenvalue weighted by molar-refractivity contribution is 14.0. The van der Waals surface area contributed by atoms with Gasteiger partial charge in [-0.1, -0.05) is 13.0 Å². The van der Waals surface area contributed by atoms with Crippen LogP contribution in [-0.2, 0) is 19.4 Å². The lowest BCUT2D eigenvalue weighted by Crippen LogP contribution is -2.38. The Labute approximate surface area is 191 Å². The van der Waals surface area contributed by atoms with E-state index >= 15 is 0 Å². The molecule has 0 aliphatic rings. The molecule has 0 saturated carbocycles. The number of thiazole rings is 1. The summed E-state index contributed by atoms with van der Waals surface area (Å²) in [5, 5.41) is 7.40. The predicted molar refractivity (Wildman–Crippen MR) is 123 cm³/mol. The van der Waals surface area contributed by atoms with Crippen LogP contribution in [0, 0.1) is 0 Å². The monoisotopic (exact) mass is 540 g/mol. The number of nitrogens with zero attached hydrogens (tertiary/aromatic N) is 2. The van der Waals surface area contributed by atoms with Crippen LogP contribution in [0.25, 0.3) is 0 Å². The maximum atomic E-state index is 12.5. The van der Waals surface area contributed by atoms with E-state index in [2.05, 4.69) is 32.3 Å². The molecule has 1 aromatic carbocycles. The van der Waals surface area contributed by atoms with Gasteiger partial charge in [0.15, 0.2) is 17.5 Å². The van der Waals surface area contributed by atoms with E-state index in [9.17, 15) is 8.78 Å². The summed E-state index contributed by atoms with van der Waals surface area (Å²) in [6.45, 7) is 3.03. The fourth-order valence-corrected chi connectivity index (χ4v) is 3.25. The molecule has 0 atom stereocenters. The smallest absolute Gasteiger partial charge is 0.387 e. The third-order valence-electron chi connectivity index (χ3n) is 3.82. The average Bonchev–Trinajstić information content (AvgIpc) is 3.14. The number of aliphatic imine (C=N–C) groups is 1. The Hall–Kier alpha value is -1.69. The van der Waals surface area contributed by atoms with Crippen LogP contribution in [-0.4, -0.2) is 37.8 Å². The molecule has 0 amide bonds. The number of guanidine groups is 1. The Morgan fingerprint density at radius 2 is 2.03 bits per heavy atom. The normalized spacial score (nSPS) is 11.2. The minimum Gasteiger partial charge on any atom is -0.493 e. The van der Waals surface area contributed by atoms with Gasteiger partial charge in [0, 0.05) is 24.2 Å². The molecule has 0 unspecified atom stereocenters. The second-order valence-electron chi connectivity index (χ2n) is 5.81. The van der Waals surface area contributed by atoms with Gasteiger partial charge >= 0.3 is 6.61 Å². The van der Waals surface area contributed by atoms with Crippen LogP contribution in [0.5, 0.6) is 11.5 Å². The van der Waals surface area contributed by atoms with E-state index in [0.29, 0.717) is 25.5 Å². The first-order valence-corrected chi connectivity index (χ1v) is 9.94. The number of benzene rings is 1. The van der Waals surface area contributed by atoms with Crippen molar-refractivity contribution in [3.63, 3.8) is 0 Å². The summed E-state index contributed by atoms with van der Waals surface area (Å²) in [4.78, 5) is 10.2. The maximum absolute atomic E-state index is 12.5. The standard InChI is InChI=1S/C19H26F2N4O2S.HI/c1-4-14-11-24-17(28-14)12-25-19(22-5-2)23-9-8-13-6-7-15(26-3)16(10-13)27-18(20)21;/h6-7,10-11,18H,4-5,8-9,12H2,1-3H3,(H2,22,23,25);1H. The summed E-state index contributed by atoms with van der Waals surface area (Å²) >= 11 is 1.66. The van der Waals surface area contributed by atoms with Crippen molar-refractivity contribution < 1.29 is 18.3 Å². The summed E-state index contributed by atoms with van der Waals surface area (Å²) in [6.07, 6.45) is 3.47. The van der Waals surface area contributed by atoms with Crippen LogP contribution >= 0.6 is 35.3 Å². The fraction of sp³-hybridized carbons (Fsp3) is 0.474. The first-order chi connectivity index (χ1) is 13.5. The van der Waals surface area contributed by atoms with Crippen LogP contribution in [0.1, 0.15) is 29.3 Å². The van der Waals surface area contributed by atoms with Gasteiger partial charge in [0.25, 0.3) is 0 Å². The van der Waals surface area contributed by atoms with Crippen LogP contribution in [0.15, 0.2) is 29.4 Å². The number of alkyl halides is 2. The number of methoxy groups -OCH3 is 1. The Morgan fingerprint density at radius 1 is 1.24 bits per heavy atom. The second kappa shape index (κ2) is 13.5. The molecule has 2 aromatic rings. The highest BCUT2D eigenvalue weighted by atomic mass is 127. The van der Waals surface area contributed by atoms with Gasteiger partial charge in [-0.05, 0) is 37.5 Å². The molecule has 0 bridgehead atoms. The van der Waals surface area contributed by atoms with E-state index < -0.39 is 6.61 Å². The molecule has 162 valence electrons. The number of ether oxygens (including phenoxy) is 2. The Bertz CT molecular complexity index is 774. The SMILES string of the molecule is CCNC(=NCc1ncc(CC)s1)NCCc1ccc(OC)c(OC(F)F)c1.I. The van der Waals surface area contributed by atoms with Gasteiger partial charge in [0.05, 0.1) is 13.7 Å². The van der Waals surface area contributed by atoms with Crippen molar-refractivity contribution in [1.82, 2.24) is 15.6 Å². The zero-order valence-electron chi connectivity index (χ0n) is 16.7. The minimum absolute atomic E-state index is 0. The molecule has 10 heteroatoms. The van der Waals surface area contributed by atoms with Gasteiger partial charge in [0.2, 0.25) is 0 Å². The van der Waals surface area contributed by atoms with E-state index in [1.807, 2.05) is 19.2 Å². The quantitative estimate of drug-likeness (QED) is 0.268. The lowest BCUT2D eigenvalue weighted by Gasteiger charge is -2.13. The summed E-state index contributed by atoms with van der Waals surface area (Å²) in [7, 11) is 1.42. The predicted octanol–water partition coefficient (Wildman–Crippen LogP) is 4.23. The van der Waals surface area contributed by atoms with Gasteiger partial charge in [-0.25, -0.2) is 9.98 Å². The molecule has 0 saturated heterocycles. The number of halogens is 3. The Morgan fingerprint density at radius 3 is 2.66 bits per heavy atom. The summed E-state index contributed by atoms with van der Waals surface area (Å²) in [6, 6.07) is 5.02. The average molecular weight is 540 g/mol. The van der Waals surface area contributed by atoms with Gasteiger partial charge in [-0.15, -0.1) is 35.3 Å². The molecule has 0 aliphatic carbocycles. The zero-order valence-corrected chi connectivity index (χ0v) is 19.9. The largest absolute Gasteiger partial charge is 0.493 e. The topological polar surface area (TPSA) is 67.8 Å². The lowest BCUT2D eigenvalue weighted by molar-refractivity contribution is -0.0512. The van der Waals surface area contributed by atoms with Crippen molar-refractivity contribution >= 4 is 41.3 Å². The molecule has 0 radical (unpaired) electrons. The van der Waals surface area contributed by atoms with Crippen LogP contribution in [0.2, 0.25) is 0 Å². The molecule has 2 rings (SSSR count). The van der Waals surface area contributed by atoms with Crippen molar-refractivity contribution in [3.8, 4) is 11.5 Å². The maximum Gasteiger partial charge on any atom is 0.387 e. The minimum atomic E-state index is -2.89. The third-order valence-corrected chi connectivity index (χ3v) is 4.94. The van der Waals surface area contributed by atoms with Crippen LogP contribution in [0.4, 0.5) is 8.78 Å². The Balaban J connectivity index is 0.00000420. The molecular weight excluding hydrogens is 513 g/mol. The van der Waals surface area contributed by atoms with Gasteiger partial charge in [0.1, 0.15) is 5.01 Å². The van der Waals surface area contributed by atoms with Crippen molar-refractivity contribution in [3.05, 3.63) is 39.8 Å².